The van der Waals surface area contributed by atoms with E-state index in [0.717, 1.165) is 16.6 Å². The number of halogens is 3. The summed E-state index contributed by atoms with van der Waals surface area (Å²) in [5.74, 6) is -1.48. The quantitative estimate of drug-likeness (QED) is 0.619. The van der Waals surface area contributed by atoms with Gasteiger partial charge in [0.1, 0.15) is 0 Å². The number of aromatic nitrogens is 4. The maximum Gasteiger partial charge on any atom is 0.453 e. The Kier molecular flexibility index (Phi) is 6.59. The van der Waals surface area contributed by atoms with Crippen molar-refractivity contribution in [3.63, 3.8) is 0 Å². The molecule has 0 radical (unpaired) electrons. The van der Waals surface area contributed by atoms with Gasteiger partial charge in [0.05, 0.1) is 0 Å². The maximum absolute atomic E-state index is 12.9. The smallest absolute Gasteiger partial charge is 0.352 e. The summed E-state index contributed by atoms with van der Waals surface area (Å²) in [6, 6.07) is 8.02. The van der Waals surface area contributed by atoms with E-state index >= 15 is 0 Å². The van der Waals surface area contributed by atoms with Gasteiger partial charge in [0.2, 0.25) is 5.91 Å². The molecule has 3 rings (SSSR count). The van der Waals surface area contributed by atoms with E-state index in [4.69, 9.17) is 0 Å². The van der Waals surface area contributed by atoms with E-state index < -0.39 is 12.0 Å². The average molecular weight is 434 g/mol. The van der Waals surface area contributed by atoms with Crippen molar-refractivity contribution in [3.05, 3.63) is 58.2 Å². The van der Waals surface area contributed by atoms with Gasteiger partial charge in [0, 0.05) is 30.9 Å². The second kappa shape index (κ2) is 9.01. The second-order valence-electron chi connectivity index (χ2n) is 7.74. The lowest BCUT2D eigenvalue weighted by atomic mass is 10.1. The van der Waals surface area contributed by atoms with Gasteiger partial charge in [-0.3, -0.25) is 4.79 Å². The molecule has 1 N–H and O–H groups in total. The summed E-state index contributed by atoms with van der Waals surface area (Å²) in [7, 11) is 4.01. The normalized spacial score (nSPS) is 12.0. The molecule has 1 aromatic carbocycles. The number of benzene rings is 1. The molecule has 3 aromatic rings. The molecular weight excluding hydrogens is 409 g/mol. The van der Waals surface area contributed by atoms with Gasteiger partial charge in [-0.2, -0.15) is 18.2 Å². The summed E-state index contributed by atoms with van der Waals surface area (Å²) in [5, 5.41) is 6.40. The van der Waals surface area contributed by atoms with Crippen LogP contribution in [0.4, 0.5) is 13.2 Å². The summed E-state index contributed by atoms with van der Waals surface area (Å²) in [5.41, 5.74) is 3.91. The maximum atomic E-state index is 12.9. The summed E-state index contributed by atoms with van der Waals surface area (Å²) < 4.78 is 39.8. The molecule has 0 fully saturated rings. The Balaban J connectivity index is 1.62. The molecule has 0 saturated carbocycles. The van der Waals surface area contributed by atoms with Gasteiger partial charge in [0.15, 0.2) is 0 Å². The van der Waals surface area contributed by atoms with Crippen molar-refractivity contribution >= 4 is 11.7 Å². The van der Waals surface area contributed by atoms with Gasteiger partial charge in [-0.05, 0) is 51.1 Å². The zero-order valence-electron chi connectivity index (χ0n) is 17.9. The molecule has 2 aromatic heterocycles. The lowest BCUT2D eigenvalue weighted by molar-refractivity contribution is -0.144. The molecule has 0 atom stereocenters. The van der Waals surface area contributed by atoms with Crippen LogP contribution in [-0.2, 0) is 30.5 Å². The third-order valence-electron chi connectivity index (χ3n) is 4.92. The fourth-order valence-electron chi connectivity index (χ4n) is 3.35. The first-order valence-electron chi connectivity index (χ1n) is 9.84. The molecule has 0 saturated heterocycles. The molecule has 2 heterocycles. The van der Waals surface area contributed by atoms with E-state index in [1.54, 1.807) is 13.8 Å². The number of rotatable bonds is 7. The highest BCUT2D eigenvalue weighted by atomic mass is 19.4. The Morgan fingerprint density at radius 2 is 1.74 bits per heavy atom. The third kappa shape index (κ3) is 5.57. The first-order chi connectivity index (χ1) is 14.5. The van der Waals surface area contributed by atoms with Gasteiger partial charge in [0.25, 0.3) is 11.6 Å². The van der Waals surface area contributed by atoms with Crippen LogP contribution in [0.25, 0.3) is 5.78 Å². The van der Waals surface area contributed by atoms with Crippen molar-refractivity contribution in [2.75, 3.05) is 14.1 Å². The molecule has 1 amide bonds. The molecule has 7 nitrogen and oxygen atoms in total. The molecule has 0 spiro atoms. The second-order valence-corrected chi connectivity index (χ2v) is 7.74. The van der Waals surface area contributed by atoms with Crippen molar-refractivity contribution in [2.24, 2.45) is 0 Å². The van der Waals surface area contributed by atoms with Crippen molar-refractivity contribution in [1.82, 2.24) is 29.8 Å². The number of fused-ring (bicyclic) bond motifs is 1. The first kappa shape index (κ1) is 22.7. The predicted octanol–water partition coefficient (Wildman–Crippen LogP) is 3.07. The van der Waals surface area contributed by atoms with Gasteiger partial charge >= 0.3 is 6.18 Å². The number of hydrogen-bond acceptors (Lipinski definition) is 5. The lowest BCUT2D eigenvalue weighted by Crippen LogP contribution is -2.23. The Morgan fingerprint density at radius 1 is 1.10 bits per heavy atom. The van der Waals surface area contributed by atoms with Crippen molar-refractivity contribution in [2.45, 2.75) is 46.0 Å². The Morgan fingerprint density at radius 3 is 2.35 bits per heavy atom. The fraction of sp³-hybridized carbons (Fsp3) is 0.429. The van der Waals surface area contributed by atoms with Crippen LogP contribution in [0.2, 0.25) is 0 Å². The minimum absolute atomic E-state index is 0.103. The number of hydrogen-bond donors (Lipinski definition) is 1. The standard InChI is InChI=1S/C21H25F3N6O/c1-13-17(14(2)30-20(26-13)27-19(28-30)21(22,23)24)9-10-18(31)25-11-15-5-7-16(8-6-15)12-29(3)4/h5-8H,9-12H2,1-4H3,(H,25,31). The van der Waals surface area contributed by atoms with Crippen molar-refractivity contribution in [1.29, 1.82) is 0 Å². The largest absolute Gasteiger partial charge is 0.453 e. The third-order valence-corrected chi connectivity index (χ3v) is 4.92. The van der Waals surface area contributed by atoms with Crippen LogP contribution in [0.3, 0.4) is 0 Å². The van der Waals surface area contributed by atoms with Crippen LogP contribution in [0, 0.1) is 13.8 Å². The number of nitrogens with zero attached hydrogens (tertiary/aromatic N) is 5. The fourth-order valence-corrected chi connectivity index (χ4v) is 3.35. The van der Waals surface area contributed by atoms with E-state index in [1.807, 2.05) is 38.4 Å². The van der Waals surface area contributed by atoms with E-state index in [-0.39, 0.29) is 18.1 Å². The molecule has 0 aliphatic rings. The number of carbonyl (C=O) groups excluding carboxylic acids is 1. The zero-order chi connectivity index (χ0) is 22.8. The zero-order valence-corrected chi connectivity index (χ0v) is 17.9. The summed E-state index contributed by atoms with van der Waals surface area (Å²) >= 11 is 0. The van der Waals surface area contributed by atoms with Gasteiger partial charge in [-0.25, -0.2) is 9.50 Å². The minimum atomic E-state index is -4.64. The monoisotopic (exact) mass is 434 g/mol. The van der Waals surface area contributed by atoms with Crippen LogP contribution in [0.5, 0.6) is 0 Å². The highest BCUT2D eigenvalue weighted by molar-refractivity contribution is 5.76. The molecule has 0 bridgehead atoms. The summed E-state index contributed by atoms with van der Waals surface area (Å²) in [4.78, 5) is 22.0. The Hall–Kier alpha value is -3.01. The number of alkyl halides is 3. The van der Waals surface area contributed by atoms with Crippen molar-refractivity contribution in [3.8, 4) is 0 Å². The van der Waals surface area contributed by atoms with Crippen LogP contribution in [-0.4, -0.2) is 44.5 Å². The van der Waals surface area contributed by atoms with Gasteiger partial charge in [-0.15, -0.1) is 5.10 Å². The SMILES string of the molecule is Cc1nc2nc(C(F)(F)F)nn2c(C)c1CCC(=O)NCc1ccc(CN(C)C)cc1. The number of amides is 1. The lowest BCUT2D eigenvalue weighted by Gasteiger charge is -2.11. The Labute approximate surface area is 178 Å². The van der Waals surface area contributed by atoms with E-state index in [2.05, 4.69) is 25.3 Å². The van der Waals surface area contributed by atoms with Crippen LogP contribution >= 0.6 is 0 Å². The van der Waals surface area contributed by atoms with Gasteiger partial charge in [-0.1, -0.05) is 24.3 Å². The highest BCUT2D eigenvalue weighted by Crippen LogP contribution is 2.27. The molecule has 166 valence electrons. The van der Waals surface area contributed by atoms with Gasteiger partial charge < -0.3 is 10.2 Å². The van der Waals surface area contributed by atoms with E-state index in [9.17, 15) is 18.0 Å². The molecule has 10 heteroatoms. The van der Waals surface area contributed by atoms with Crippen LogP contribution in [0.15, 0.2) is 24.3 Å². The van der Waals surface area contributed by atoms with E-state index in [1.165, 1.54) is 5.56 Å². The summed E-state index contributed by atoms with van der Waals surface area (Å²) in [6.45, 7) is 4.60. The summed E-state index contributed by atoms with van der Waals surface area (Å²) in [6.07, 6.45) is -4.11. The minimum Gasteiger partial charge on any atom is -0.352 e. The molecular formula is C21H25F3N6O. The Bertz CT molecular complexity index is 1070. The molecule has 31 heavy (non-hydrogen) atoms. The number of nitrogens with one attached hydrogen (secondary N) is 1. The highest BCUT2D eigenvalue weighted by Gasteiger charge is 2.36. The molecule has 0 unspecified atom stereocenters. The predicted molar refractivity (Wildman–Crippen MR) is 109 cm³/mol. The van der Waals surface area contributed by atoms with E-state index in [0.29, 0.717) is 29.9 Å². The topological polar surface area (TPSA) is 75.4 Å². The number of aryl methyl sites for hydroxylation is 2. The first-order valence-corrected chi connectivity index (χ1v) is 9.84. The van der Waals surface area contributed by atoms with Crippen LogP contribution in [0.1, 0.15) is 40.3 Å². The molecule has 0 aliphatic carbocycles. The molecule has 0 aliphatic heterocycles. The van der Waals surface area contributed by atoms with Crippen LogP contribution < -0.4 is 5.32 Å². The average Bonchev–Trinajstić information content (AvgIpc) is 3.11. The van der Waals surface area contributed by atoms with Crippen molar-refractivity contribution < 1.29 is 18.0 Å². The number of carbonyl (C=O) groups is 1.